The van der Waals surface area contributed by atoms with Gasteiger partial charge in [-0.05, 0) is 73.7 Å². The van der Waals surface area contributed by atoms with E-state index in [1.165, 1.54) is 24.3 Å². The highest BCUT2D eigenvalue weighted by atomic mass is 35.5. The summed E-state index contributed by atoms with van der Waals surface area (Å²) in [4.78, 5) is 35.9. The number of carboxylic acid groups (broad SMARTS) is 1. The quantitative estimate of drug-likeness (QED) is 0.396. The summed E-state index contributed by atoms with van der Waals surface area (Å²) in [6, 6.07) is 12.2. The van der Waals surface area contributed by atoms with E-state index in [1.54, 1.807) is 29.2 Å². The van der Waals surface area contributed by atoms with Crippen molar-refractivity contribution in [3.63, 3.8) is 0 Å². The Hall–Kier alpha value is -3.32. The molecule has 0 spiro atoms. The van der Waals surface area contributed by atoms with Crippen LogP contribution in [0.3, 0.4) is 0 Å². The Morgan fingerprint density at radius 1 is 1.02 bits per heavy atom. The molecule has 3 rings (SSSR count). The molecule has 0 radical (unpaired) electrons. The van der Waals surface area contributed by atoms with Crippen molar-refractivity contribution >= 4 is 45.1 Å². The van der Waals surface area contributed by atoms with E-state index in [0.717, 1.165) is 6.42 Å². The van der Waals surface area contributed by atoms with Crippen LogP contribution in [0.2, 0.25) is 5.02 Å². The number of halogens is 4. The van der Waals surface area contributed by atoms with Crippen molar-refractivity contribution in [3.8, 4) is 0 Å². The van der Waals surface area contributed by atoms with Crippen molar-refractivity contribution < 1.29 is 41.1 Å². The van der Waals surface area contributed by atoms with E-state index in [0.29, 0.717) is 54.7 Å². The van der Waals surface area contributed by atoms with E-state index in [2.05, 4.69) is 23.9 Å². The average Bonchev–Trinajstić information content (AvgIpc) is 2.88. The van der Waals surface area contributed by atoms with Gasteiger partial charge in [-0.1, -0.05) is 25.4 Å². The third kappa shape index (κ3) is 10.3. The van der Waals surface area contributed by atoms with Crippen LogP contribution < -0.4 is 10.0 Å². The molecule has 1 fully saturated rings. The van der Waals surface area contributed by atoms with Gasteiger partial charge in [0.05, 0.1) is 4.90 Å². The van der Waals surface area contributed by atoms with Crippen LogP contribution in [0.25, 0.3) is 0 Å². The highest BCUT2D eigenvalue weighted by molar-refractivity contribution is 7.92. The second kappa shape index (κ2) is 14.4. The van der Waals surface area contributed by atoms with Crippen molar-refractivity contribution in [1.82, 2.24) is 10.2 Å². The number of rotatable bonds is 8. The minimum Gasteiger partial charge on any atom is -0.475 e. The summed E-state index contributed by atoms with van der Waals surface area (Å²) in [5, 5.41) is 10.6. The first-order chi connectivity index (χ1) is 18.6. The summed E-state index contributed by atoms with van der Waals surface area (Å²) < 4.78 is 59.2. The predicted molar refractivity (Wildman–Crippen MR) is 143 cm³/mol. The number of hydrogen-bond donors (Lipinski definition) is 3. The molecular formula is C26H31ClF3N3O6S. The van der Waals surface area contributed by atoms with E-state index < -0.39 is 22.2 Å². The van der Waals surface area contributed by atoms with Crippen LogP contribution in [0.4, 0.5) is 18.9 Å². The summed E-state index contributed by atoms with van der Waals surface area (Å²) in [5.74, 6) is -2.33. The van der Waals surface area contributed by atoms with Gasteiger partial charge in [-0.2, -0.15) is 13.2 Å². The van der Waals surface area contributed by atoms with E-state index >= 15 is 0 Å². The van der Waals surface area contributed by atoms with E-state index in [4.69, 9.17) is 21.5 Å². The standard InChI is InChI=1S/C24H30ClN3O4S.C2HF3O2/c1-17(2)11-14-26-23(29)18-12-15-28(16-13-18)24(30)19-3-7-21(8-4-19)27-33(31,32)22-9-5-20(25)6-10-22;3-2(4,5)1(6)7/h3-10,17-18,27H,11-16H2,1-2H3,(H,26,29);(H,6,7). The Bertz CT molecular complexity index is 1260. The van der Waals surface area contributed by atoms with Gasteiger partial charge in [0.2, 0.25) is 5.91 Å². The molecule has 2 aromatic carbocycles. The lowest BCUT2D eigenvalue weighted by molar-refractivity contribution is -0.192. The van der Waals surface area contributed by atoms with Gasteiger partial charge in [-0.15, -0.1) is 0 Å². The molecule has 1 heterocycles. The number of aliphatic carboxylic acids is 1. The van der Waals surface area contributed by atoms with Crippen LogP contribution >= 0.6 is 11.6 Å². The van der Waals surface area contributed by atoms with Crippen molar-refractivity contribution in [3.05, 3.63) is 59.1 Å². The monoisotopic (exact) mass is 605 g/mol. The number of hydrogen-bond acceptors (Lipinski definition) is 5. The molecular weight excluding hydrogens is 575 g/mol. The van der Waals surface area contributed by atoms with Crippen LogP contribution in [0.5, 0.6) is 0 Å². The van der Waals surface area contributed by atoms with Crippen molar-refractivity contribution in [2.24, 2.45) is 11.8 Å². The zero-order valence-electron chi connectivity index (χ0n) is 21.9. The fourth-order valence-corrected chi connectivity index (χ4v) is 4.85. The molecule has 0 atom stereocenters. The van der Waals surface area contributed by atoms with Gasteiger partial charge in [-0.25, -0.2) is 13.2 Å². The molecule has 0 aromatic heterocycles. The second-order valence-corrected chi connectivity index (χ2v) is 11.6. The maximum atomic E-state index is 12.8. The molecule has 0 bridgehead atoms. The van der Waals surface area contributed by atoms with Crippen LogP contribution in [0.15, 0.2) is 53.4 Å². The zero-order valence-corrected chi connectivity index (χ0v) is 23.4. The predicted octanol–water partition coefficient (Wildman–Crippen LogP) is 4.79. The van der Waals surface area contributed by atoms with Gasteiger partial charge in [0.25, 0.3) is 15.9 Å². The number of likely N-dealkylation sites (tertiary alicyclic amines) is 1. The van der Waals surface area contributed by atoms with E-state index in [-0.39, 0.29) is 22.6 Å². The average molecular weight is 606 g/mol. The number of nitrogens with one attached hydrogen (secondary N) is 2. The Kier molecular flexibility index (Phi) is 11.8. The number of sulfonamides is 1. The zero-order chi connectivity index (χ0) is 30.1. The minimum absolute atomic E-state index is 0.0640. The van der Waals surface area contributed by atoms with E-state index in [1.807, 2.05) is 0 Å². The maximum Gasteiger partial charge on any atom is 0.490 e. The Morgan fingerprint density at radius 3 is 2.02 bits per heavy atom. The molecule has 1 saturated heterocycles. The summed E-state index contributed by atoms with van der Waals surface area (Å²) in [6.07, 6.45) is -2.86. The molecule has 0 saturated carbocycles. The third-order valence-corrected chi connectivity index (χ3v) is 7.57. The summed E-state index contributed by atoms with van der Waals surface area (Å²) in [7, 11) is -3.75. The second-order valence-electron chi connectivity index (χ2n) is 9.48. The van der Waals surface area contributed by atoms with Gasteiger partial charge in [0, 0.05) is 41.8 Å². The van der Waals surface area contributed by atoms with Crippen LogP contribution in [0, 0.1) is 11.8 Å². The number of piperidine rings is 1. The number of anilines is 1. The number of carbonyl (C=O) groups is 3. The highest BCUT2D eigenvalue weighted by Gasteiger charge is 2.38. The van der Waals surface area contributed by atoms with Crippen molar-refractivity contribution in [2.45, 2.75) is 44.2 Å². The first-order valence-electron chi connectivity index (χ1n) is 12.4. The molecule has 14 heteroatoms. The lowest BCUT2D eigenvalue weighted by Gasteiger charge is -2.31. The molecule has 0 unspecified atom stereocenters. The topological polar surface area (TPSA) is 133 Å². The summed E-state index contributed by atoms with van der Waals surface area (Å²) >= 11 is 5.82. The highest BCUT2D eigenvalue weighted by Crippen LogP contribution is 2.22. The SMILES string of the molecule is CC(C)CCNC(=O)C1CCN(C(=O)c2ccc(NS(=O)(=O)c3ccc(Cl)cc3)cc2)CC1.O=C(O)C(F)(F)F. The first-order valence-corrected chi connectivity index (χ1v) is 14.2. The number of carboxylic acids is 1. The normalized spacial score (nSPS) is 14.2. The van der Waals surface area contributed by atoms with E-state index in [9.17, 15) is 31.2 Å². The number of amides is 2. The minimum atomic E-state index is -5.08. The van der Waals surface area contributed by atoms with Crippen LogP contribution in [-0.4, -0.2) is 62.0 Å². The largest absolute Gasteiger partial charge is 0.490 e. The summed E-state index contributed by atoms with van der Waals surface area (Å²) in [6.45, 7) is 5.97. The van der Waals surface area contributed by atoms with Crippen molar-refractivity contribution in [1.29, 1.82) is 0 Å². The molecule has 9 nitrogen and oxygen atoms in total. The molecule has 40 heavy (non-hydrogen) atoms. The molecule has 220 valence electrons. The van der Waals surface area contributed by atoms with Crippen molar-refractivity contribution in [2.75, 3.05) is 24.4 Å². The van der Waals surface area contributed by atoms with Crippen LogP contribution in [0.1, 0.15) is 43.5 Å². The smallest absolute Gasteiger partial charge is 0.475 e. The number of benzene rings is 2. The number of carbonyl (C=O) groups excluding carboxylic acids is 2. The number of alkyl halides is 3. The van der Waals surface area contributed by atoms with Crippen LogP contribution in [-0.2, 0) is 19.6 Å². The first kappa shape index (κ1) is 32.9. The number of nitrogens with zero attached hydrogens (tertiary/aromatic N) is 1. The Balaban J connectivity index is 0.000000708. The molecule has 1 aliphatic heterocycles. The molecule has 2 aromatic rings. The lowest BCUT2D eigenvalue weighted by atomic mass is 9.95. The summed E-state index contributed by atoms with van der Waals surface area (Å²) in [5.41, 5.74) is 0.836. The van der Waals surface area contributed by atoms with Gasteiger partial charge in [-0.3, -0.25) is 14.3 Å². The molecule has 2 amide bonds. The lowest BCUT2D eigenvalue weighted by Crippen LogP contribution is -2.43. The van der Waals surface area contributed by atoms with Gasteiger partial charge < -0.3 is 15.3 Å². The van der Waals surface area contributed by atoms with Gasteiger partial charge >= 0.3 is 12.1 Å². The Morgan fingerprint density at radius 2 is 1.55 bits per heavy atom. The molecule has 0 aliphatic carbocycles. The fraction of sp³-hybridized carbons (Fsp3) is 0.423. The van der Waals surface area contributed by atoms with Gasteiger partial charge in [0.15, 0.2) is 0 Å². The van der Waals surface area contributed by atoms with Gasteiger partial charge in [0.1, 0.15) is 0 Å². The molecule has 3 N–H and O–H groups in total. The fourth-order valence-electron chi connectivity index (χ4n) is 3.66. The molecule has 1 aliphatic rings. The maximum absolute atomic E-state index is 12.8. The Labute approximate surface area is 235 Å². The third-order valence-electron chi connectivity index (χ3n) is 5.92.